The Hall–Kier alpha value is -4.94. The van der Waals surface area contributed by atoms with Crippen LogP contribution in [0.4, 0.5) is 0 Å². The molecular formula is C46H36. The van der Waals surface area contributed by atoms with Gasteiger partial charge >= 0.3 is 0 Å². The molecule has 0 saturated carbocycles. The van der Waals surface area contributed by atoms with Crippen LogP contribution in [0.3, 0.4) is 0 Å². The van der Waals surface area contributed by atoms with Crippen molar-refractivity contribution < 1.29 is 0 Å². The van der Waals surface area contributed by atoms with Gasteiger partial charge in [-0.1, -0.05) is 127 Å². The maximum absolute atomic E-state index is 2.53. The van der Waals surface area contributed by atoms with Crippen molar-refractivity contribution in [2.75, 3.05) is 0 Å². The lowest BCUT2D eigenvalue weighted by atomic mass is 9.79. The summed E-state index contributed by atoms with van der Waals surface area (Å²) in [7, 11) is 0. The minimum absolute atomic E-state index is 0.512. The van der Waals surface area contributed by atoms with E-state index >= 15 is 0 Å². The summed E-state index contributed by atoms with van der Waals surface area (Å²) in [5.74, 6) is 0.512. The van der Waals surface area contributed by atoms with Gasteiger partial charge in [0, 0.05) is 5.92 Å². The van der Waals surface area contributed by atoms with Crippen molar-refractivity contribution in [1.29, 1.82) is 0 Å². The summed E-state index contributed by atoms with van der Waals surface area (Å²) < 4.78 is 0. The van der Waals surface area contributed by atoms with Gasteiger partial charge in [0.25, 0.3) is 0 Å². The molecule has 0 heteroatoms. The molecule has 0 radical (unpaired) electrons. The molecule has 0 fully saturated rings. The van der Waals surface area contributed by atoms with Crippen molar-refractivity contribution in [2.45, 2.75) is 44.9 Å². The molecule has 220 valence electrons. The maximum atomic E-state index is 2.53. The summed E-state index contributed by atoms with van der Waals surface area (Å²) in [4.78, 5) is 0. The zero-order chi connectivity index (χ0) is 30.2. The van der Waals surface area contributed by atoms with Crippen molar-refractivity contribution in [3.05, 3.63) is 164 Å². The number of fused-ring (bicyclic) bond motifs is 6. The quantitative estimate of drug-likeness (QED) is 0.225. The third-order valence-electron chi connectivity index (χ3n) is 11.2. The number of benzene rings is 4. The lowest BCUT2D eigenvalue weighted by Gasteiger charge is -2.25. The van der Waals surface area contributed by atoms with Gasteiger partial charge in [0.05, 0.1) is 0 Å². The summed E-state index contributed by atoms with van der Waals surface area (Å²) >= 11 is 0. The number of hydrogen-bond donors (Lipinski definition) is 0. The van der Waals surface area contributed by atoms with E-state index in [1.54, 1.807) is 11.1 Å². The molecule has 0 aromatic heterocycles. The van der Waals surface area contributed by atoms with E-state index in [1.165, 1.54) is 81.8 Å². The zero-order valence-electron chi connectivity index (χ0n) is 26.2. The molecule has 0 spiro atoms. The fraction of sp³-hybridized carbons (Fsp3) is 0.174. The first-order chi connectivity index (χ1) is 22.8. The van der Waals surface area contributed by atoms with Gasteiger partial charge in [-0.3, -0.25) is 0 Å². The van der Waals surface area contributed by atoms with E-state index in [-0.39, 0.29) is 0 Å². The Morgan fingerprint density at radius 3 is 2.15 bits per heavy atom. The van der Waals surface area contributed by atoms with E-state index in [2.05, 4.69) is 127 Å². The van der Waals surface area contributed by atoms with Crippen LogP contribution in [0, 0.1) is 5.92 Å². The van der Waals surface area contributed by atoms with Gasteiger partial charge in [-0.05, 0) is 138 Å². The molecule has 1 unspecified atom stereocenters. The highest BCUT2D eigenvalue weighted by atomic mass is 14.3. The summed E-state index contributed by atoms with van der Waals surface area (Å²) in [6.07, 6.45) is 31.8. The smallest absolute Gasteiger partial charge is 0.00561 e. The van der Waals surface area contributed by atoms with Crippen molar-refractivity contribution in [3.8, 4) is 11.1 Å². The van der Waals surface area contributed by atoms with Crippen molar-refractivity contribution in [2.24, 2.45) is 5.92 Å². The lowest BCUT2D eigenvalue weighted by Crippen LogP contribution is -2.34. The predicted molar refractivity (Wildman–Crippen MR) is 195 cm³/mol. The zero-order valence-corrected chi connectivity index (χ0v) is 26.2. The monoisotopic (exact) mass is 588 g/mol. The molecule has 0 bridgehead atoms. The molecule has 0 amide bonds. The molecule has 0 heterocycles. The standard InChI is InChI=1S/C46H36/c1-2-11-32-28-33(25-20-29(32)10-1)45-41-16-7-5-14-39(41)44(40-15-6-8-17-42(40)45)31-23-21-30(22-24-31)34-26-27-43-36-13-4-3-12-35(36)38-19-9-18-37(34)46(38)43/h1-5,7,9,11-21,23,25,28-29H,6,8,10,22,24,26-27H2. The predicted octanol–water partition coefficient (Wildman–Crippen LogP) is 8.58. The fourth-order valence-corrected chi connectivity index (χ4v) is 9.17. The van der Waals surface area contributed by atoms with Gasteiger partial charge < -0.3 is 0 Å². The highest BCUT2D eigenvalue weighted by molar-refractivity contribution is 6.03. The van der Waals surface area contributed by atoms with Crippen LogP contribution in [0.15, 0.2) is 126 Å². The molecule has 0 saturated heterocycles. The first-order valence-corrected chi connectivity index (χ1v) is 17.2. The Morgan fingerprint density at radius 1 is 0.587 bits per heavy atom. The molecule has 1 atom stereocenters. The molecule has 6 aliphatic carbocycles. The highest BCUT2D eigenvalue weighted by Crippen LogP contribution is 2.40. The van der Waals surface area contributed by atoms with E-state index in [0.29, 0.717) is 5.92 Å². The fourth-order valence-electron chi connectivity index (χ4n) is 9.17. The second-order valence-corrected chi connectivity index (χ2v) is 13.6. The van der Waals surface area contributed by atoms with Gasteiger partial charge in [0.2, 0.25) is 0 Å². The van der Waals surface area contributed by atoms with Gasteiger partial charge in [0.1, 0.15) is 0 Å². The normalized spacial score (nSPS) is 20.4. The molecule has 46 heavy (non-hydrogen) atoms. The second kappa shape index (κ2) is 10.3. The van der Waals surface area contributed by atoms with Crippen LogP contribution in [-0.2, 0) is 0 Å². The van der Waals surface area contributed by atoms with Crippen LogP contribution in [-0.4, -0.2) is 0 Å². The van der Waals surface area contributed by atoms with Crippen LogP contribution in [0.1, 0.15) is 61.6 Å². The van der Waals surface area contributed by atoms with Crippen LogP contribution >= 0.6 is 0 Å². The molecule has 10 rings (SSSR count). The average Bonchev–Trinajstić information content (AvgIpc) is 3.45. The summed E-state index contributed by atoms with van der Waals surface area (Å²) in [6, 6.07) is 25.2. The summed E-state index contributed by atoms with van der Waals surface area (Å²) in [5, 5.41) is 8.61. The Bertz CT molecular complexity index is 2480. The van der Waals surface area contributed by atoms with Crippen molar-refractivity contribution in [3.63, 3.8) is 0 Å². The molecule has 0 aliphatic heterocycles. The third-order valence-corrected chi connectivity index (χ3v) is 11.2. The van der Waals surface area contributed by atoms with Gasteiger partial charge in [-0.25, -0.2) is 0 Å². The van der Waals surface area contributed by atoms with E-state index in [0.717, 1.165) is 44.9 Å². The average molecular weight is 589 g/mol. The number of allylic oxidation sites excluding steroid dienone is 12. The lowest BCUT2D eigenvalue weighted by molar-refractivity contribution is 0.781. The van der Waals surface area contributed by atoms with Crippen LogP contribution in [0.5, 0.6) is 0 Å². The maximum Gasteiger partial charge on any atom is 0.00561 e. The molecule has 4 aromatic rings. The molecule has 0 nitrogen and oxygen atoms in total. The van der Waals surface area contributed by atoms with E-state index < -0.39 is 0 Å². The van der Waals surface area contributed by atoms with E-state index in [1.807, 2.05) is 0 Å². The molecule has 4 aromatic carbocycles. The number of rotatable bonds is 3. The van der Waals surface area contributed by atoms with Crippen LogP contribution in [0.25, 0.3) is 56.3 Å². The van der Waals surface area contributed by atoms with Crippen molar-refractivity contribution >= 4 is 45.2 Å². The highest BCUT2D eigenvalue weighted by Gasteiger charge is 2.26. The van der Waals surface area contributed by atoms with Crippen LogP contribution < -0.4 is 20.9 Å². The summed E-state index contributed by atoms with van der Waals surface area (Å²) in [6.45, 7) is 0. The Labute approximate surface area is 270 Å². The SMILES string of the molecule is C1=CCC2C=CC(c3c4c(c(C5=CC=C(C6=c7cccc8c7=C(CC6)c6ccccc6-8)CC5)c5ccccc35)=CCCC=4)=CC2=C1. The molecule has 0 N–H and O–H groups in total. The Kier molecular flexibility index (Phi) is 5.88. The van der Waals surface area contributed by atoms with Gasteiger partial charge in [-0.2, -0.15) is 0 Å². The molecule has 6 aliphatic rings. The van der Waals surface area contributed by atoms with Gasteiger partial charge in [-0.15, -0.1) is 0 Å². The number of hydrogen-bond acceptors (Lipinski definition) is 0. The first-order valence-electron chi connectivity index (χ1n) is 17.2. The largest absolute Gasteiger partial charge is 0.0836 e. The minimum Gasteiger partial charge on any atom is -0.0836 e. The third kappa shape index (κ3) is 3.86. The Morgan fingerprint density at radius 2 is 1.30 bits per heavy atom. The molecular weight excluding hydrogens is 553 g/mol. The second-order valence-electron chi connectivity index (χ2n) is 13.6. The van der Waals surface area contributed by atoms with E-state index in [4.69, 9.17) is 0 Å². The van der Waals surface area contributed by atoms with Gasteiger partial charge in [0.15, 0.2) is 0 Å². The van der Waals surface area contributed by atoms with E-state index in [9.17, 15) is 0 Å². The summed E-state index contributed by atoms with van der Waals surface area (Å²) in [5.41, 5.74) is 16.1. The van der Waals surface area contributed by atoms with Crippen molar-refractivity contribution in [1.82, 2.24) is 0 Å². The van der Waals surface area contributed by atoms with Crippen LogP contribution in [0.2, 0.25) is 0 Å². The Balaban J connectivity index is 1.14. The minimum atomic E-state index is 0.512. The first kappa shape index (κ1) is 26.3. The topological polar surface area (TPSA) is 0 Å².